The number of aromatic nitrogens is 1. The molecule has 2 heterocycles. The molecule has 1 aromatic rings. The second-order valence-electron chi connectivity index (χ2n) is 4.97. The Labute approximate surface area is 152 Å². The van der Waals surface area contributed by atoms with Crippen LogP contribution in [0.25, 0.3) is 0 Å². The standard InChI is InChI=1S/C15H17N3O5S2/c19-11(7-10-24-25-12-3-1-2-8-17-12)16-9-6-15(22)23-18-13(20)4-5-14(18)21/h1-3,8H,4-7,9-10H2,(H,16,19). The molecule has 0 saturated carbocycles. The van der Waals surface area contributed by atoms with Crippen LogP contribution >= 0.6 is 21.6 Å². The van der Waals surface area contributed by atoms with Gasteiger partial charge < -0.3 is 10.2 Å². The summed E-state index contributed by atoms with van der Waals surface area (Å²) in [6.07, 6.45) is 2.01. The third-order valence-electron chi connectivity index (χ3n) is 3.04. The molecule has 0 aromatic carbocycles. The molecule has 1 N–H and O–H groups in total. The summed E-state index contributed by atoms with van der Waals surface area (Å²) in [4.78, 5) is 54.7. The molecule has 134 valence electrons. The van der Waals surface area contributed by atoms with E-state index in [0.29, 0.717) is 17.2 Å². The largest absolute Gasteiger partial charge is 0.355 e. The van der Waals surface area contributed by atoms with E-state index >= 15 is 0 Å². The molecule has 1 saturated heterocycles. The van der Waals surface area contributed by atoms with Crippen LogP contribution in [-0.4, -0.2) is 46.0 Å². The van der Waals surface area contributed by atoms with Crippen LogP contribution in [0.4, 0.5) is 0 Å². The second kappa shape index (κ2) is 10.0. The maximum Gasteiger partial charge on any atom is 0.334 e. The van der Waals surface area contributed by atoms with Crippen LogP contribution in [0.2, 0.25) is 0 Å². The lowest BCUT2D eigenvalue weighted by Crippen LogP contribution is -2.33. The lowest BCUT2D eigenvalue weighted by molar-refractivity contribution is -0.197. The van der Waals surface area contributed by atoms with Crippen LogP contribution in [0.1, 0.15) is 25.7 Å². The molecule has 3 amide bonds. The van der Waals surface area contributed by atoms with E-state index in [4.69, 9.17) is 4.84 Å². The molecule has 1 aliphatic rings. The van der Waals surface area contributed by atoms with Gasteiger partial charge in [-0.05, 0) is 22.9 Å². The van der Waals surface area contributed by atoms with Crippen molar-refractivity contribution in [2.75, 3.05) is 12.3 Å². The van der Waals surface area contributed by atoms with Gasteiger partial charge in [-0.25, -0.2) is 9.78 Å². The number of carbonyl (C=O) groups is 4. The van der Waals surface area contributed by atoms with Crippen LogP contribution < -0.4 is 5.32 Å². The van der Waals surface area contributed by atoms with E-state index in [1.54, 1.807) is 6.20 Å². The Morgan fingerprint density at radius 2 is 1.96 bits per heavy atom. The van der Waals surface area contributed by atoms with Gasteiger partial charge in [-0.15, -0.1) is 5.06 Å². The van der Waals surface area contributed by atoms with Gasteiger partial charge in [-0.3, -0.25) is 14.4 Å². The molecule has 0 aliphatic carbocycles. The molecule has 1 aromatic heterocycles. The summed E-state index contributed by atoms with van der Waals surface area (Å²) in [5.74, 6) is -1.36. The van der Waals surface area contributed by atoms with Crippen molar-refractivity contribution in [2.24, 2.45) is 0 Å². The van der Waals surface area contributed by atoms with Gasteiger partial charge in [0.05, 0.1) is 6.42 Å². The zero-order valence-electron chi connectivity index (χ0n) is 13.3. The van der Waals surface area contributed by atoms with Gasteiger partial charge in [0, 0.05) is 37.8 Å². The smallest absolute Gasteiger partial charge is 0.334 e. The molecule has 0 radical (unpaired) electrons. The van der Waals surface area contributed by atoms with Crippen LogP contribution in [0.5, 0.6) is 0 Å². The molecule has 0 spiro atoms. The summed E-state index contributed by atoms with van der Waals surface area (Å²) < 4.78 is 0. The summed E-state index contributed by atoms with van der Waals surface area (Å²) in [7, 11) is 3.01. The molecule has 8 nitrogen and oxygen atoms in total. The summed E-state index contributed by atoms with van der Waals surface area (Å²) in [5, 5.41) is 3.97. The SMILES string of the molecule is O=C(CCSSc1ccccn1)NCCC(=O)ON1C(=O)CCC1=O. The first-order valence-electron chi connectivity index (χ1n) is 7.60. The number of hydrogen-bond acceptors (Lipinski definition) is 8. The van der Waals surface area contributed by atoms with Crippen molar-refractivity contribution in [1.82, 2.24) is 15.4 Å². The Morgan fingerprint density at radius 3 is 2.64 bits per heavy atom. The number of nitrogens with zero attached hydrogens (tertiary/aromatic N) is 2. The number of carbonyl (C=O) groups excluding carboxylic acids is 4. The highest BCUT2D eigenvalue weighted by molar-refractivity contribution is 8.76. The minimum absolute atomic E-state index is 0.0526. The number of rotatable bonds is 9. The molecular formula is C15H17N3O5S2. The molecule has 0 atom stereocenters. The highest BCUT2D eigenvalue weighted by atomic mass is 33.1. The average molecular weight is 383 g/mol. The van der Waals surface area contributed by atoms with E-state index in [1.165, 1.54) is 21.6 Å². The van der Waals surface area contributed by atoms with E-state index in [0.717, 1.165) is 5.03 Å². The number of hydrogen-bond donors (Lipinski definition) is 1. The van der Waals surface area contributed by atoms with Crippen LogP contribution in [-0.2, 0) is 24.0 Å². The first-order valence-corrected chi connectivity index (χ1v) is 9.92. The van der Waals surface area contributed by atoms with Gasteiger partial charge in [0.2, 0.25) is 5.91 Å². The lowest BCUT2D eigenvalue weighted by atomic mass is 10.4. The maximum absolute atomic E-state index is 11.7. The van der Waals surface area contributed by atoms with Crippen LogP contribution in [0.15, 0.2) is 29.4 Å². The van der Waals surface area contributed by atoms with Crippen molar-refractivity contribution >= 4 is 45.3 Å². The molecule has 1 aliphatic heterocycles. The second-order valence-corrected chi connectivity index (χ2v) is 7.40. The molecule has 10 heteroatoms. The summed E-state index contributed by atoms with van der Waals surface area (Å²) >= 11 is 0. The minimum atomic E-state index is -0.732. The molecule has 2 rings (SSSR count). The van der Waals surface area contributed by atoms with E-state index < -0.39 is 17.8 Å². The van der Waals surface area contributed by atoms with Crippen molar-refractivity contribution in [3.63, 3.8) is 0 Å². The zero-order valence-corrected chi connectivity index (χ0v) is 14.9. The highest BCUT2D eigenvalue weighted by Crippen LogP contribution is 2.29. The van der Waals surface area contributed by atoms with E-state index in [2.05, 4.69) is 10.3 Å². The predicted octanol–water partition coefficient (Wildman–Crippen LogP) is 1.33. The fourth-order valence-corrected chi connectivity index (χ4v) is 3.70. The first-order chi connectivity index (χ1) is 12.1. The normalized spacial score (nSPS) is 13.8. The Bertz CT molecular complexity index is 625. The monoisotopic (exact) mass is 383 g/mol. The average Bonchev–Trinajstić information content (AvgIpc) is 2.91. The van der Waals surface area contributed by atoms with Crippen molar-refractivity contribution < 1.29 is 24.0 Å². The Kier molecular flexibility index (Phi) is 7.74. The molecule has 0 unspecified atom stereocenters. The van der Waals surface area contributed by atoms with Gasteiger partial charge in [0.25, 0.3) is 11.8 Å². The highest BCUT2D eigenvalue weighted by Gasteiger charge is 2.32. The Morgan fingerprint density at radius 1 is 1.20 bits per heavy atom. The molecular weight excluding hydrogens is 366 g/mol. The van der Waals surface area contributed by atoms with Gasteiger partial charge in [0.1, 0.15) is 5.03 Å². The Hall–Kier alpha value is -2.07. The van der Waals surface area contributed by atoms with E-state index in [9.17, 15) is 19.2 Å². The fraction of sp³-hybridized carbons (Fsp3) is 0.400. The third-order valence-corrected chi connectivity index (χ3v) is 5.31. The quantitative estimate of drug-likeness (QED) is 0.387. The first kappa shape index (κ1) is 19.3. The maximum atomic E-state index is 11.7. The summed E-state index contributed by atoms with van der Waals surface area (Å²) in [6.45, 7) is 0.0892. The number of pyridine rings is 1. The van der Waals surface area contributed by atoms with Crippen molar-refractivity contribution in [2.45, 2.75) is 30.7 Å². The van der Waals surface area contributed by atoms with E-state index in [1.807, 2.05) is 18.2 Å². The molecule has 25 heavy (non-hydrogen) atoms. The number of nitrogens with one attached hydrogen (secondary N) is 1. The Balaban J connectivity index is 1.53. The van der Waals surface area contributed by atoms with Gasteiger partial charge in [-0.1, -0.05) is 16.9 Å². The van der Waals surface area contributed by atoms with Crippen molar-refractivity contribution in [3.05, 3.63) is 24.4 Å². The molecule has 1 fully saturated rings. The predicted molar refractivity (Wildman–Crippen MR) is 92.0 cm³/mol. The topological polar surface area (TPSA) is 106 Å². The van der Waals surface area contributed by atoms with Crippen LogP contribution in [0.3, 0.4) is 0 Å². The van der Waals surface area contributed by atoms with Crippen molar-refractivity contribution in [3.8, 4) is 0 Å². The van der Waals surface area contributed by atoms with E-state index in [-0.39, 0.29) is 31.7 Å². The number of amides is 3. The van der Waals surface area contributed by atoms with Gasteiger partial charge in [-0.2, -0.15) is 0 Å². The van der Waals surface area contributed by atoms with Gasteiger partial charge >= 0.3 is 5.97 Å². The third kappa shape index (κ3) is 6.75. The van der Waals surface area contributed by atoms with Crippen LogP contribution in [0, 0.1) is 0 Å². The summed E-state index contributed by atoms with van der Waals surface area (Å²) in [6, 6.07) is 5.62. The van der Waals surface area contributed by atoms with Crippen molar-refractivity contribution in [1.29, 1.82) is 0 Å². The minimum Gasteiger partial charge on any atom is -0.355 e. The summed E-state index contributed by atoms with van der Waals surface area (Å²) in [5.41, 5.74) is 0. The lowest BCUT2D eigenvalue weighted by Gasteiger charge is -2.12. The molecule has 0 bridgehead atoms. The number of hydroxylamine groups is 2. The zero-order chi connectivity index (χ0) is 18.1. The fourth-order valence-electron chi connectivity index (χ4n) is 1.83. The van der Waals surface area contributed by atoms with Gasteiger partial charge in [0.15, 0.2) is 0 Å². The number of imide groups is 1.